The van der Waals surface area contributed by atoms with Gasteiger partial charge in [-0.2, -0.15) is 0 Å². The Hall–Kier alpha value is -3.26. The lowest BCUT2D eigenvalue weighted by atomic mass is 10.1. The summed E-state index contributed by atoms with van der Waals surface area (Å²) in [6.45, 7) is 3.19. The number of ether oxygens (including phenoxy) is 2. The molecule has 3 aromatic carbocycles. The molecule has 0 saturated carbocycles. The Bertz CT molecular complexity index is 1310. The van der Waals surface area contributed by atoms with Crippen LogP contribution >= 0.6 is 31.9 Å². The molecule has 3 rings (SSSR count). The number of benzene rings is 3. The second-order valence-electron chi connectivity index (χ2n) is 10.8. The summed E-state index contributed by atoms with van der Waals surface area (Å²) in [5.74, 6) is 14.1. The number of rotatable bonds is 16. The summed E-state index contributed by atoms with van der Waals surface area (Å²) < 4.78 is 13.4. The molecule has 0 amide bonds. The molecular weight excluding hydrogens is 688 g/mol. The average Bonchev–Trinajstić information content (AvgIpc) is 2.98. The zero-order valence-electron chi connectivity index (χ0n) is 25.8. The molecule has 0 aliphatic heterocycles. The first-order valence-electron chi connectivity index (χ1n) is 14.2. The van der Waals surface area contributed by atoms with Gasteiger partial charge in [-0.05, 0) is 120 Å². The highest BCUT2D eigenvalue weighted by atomic mass is 79.9. The standard InChI is InChI=1S/C32H44Br2N8O2/c1-39(2)15-5-17-43-31-13-11-25(19-27(31)33)41(37)21-29(35)23-7-9-24(10-8-23)30(36)22-42(38)26-12-14-32(28(34)20-26)44-18-6-16-40(3)4/h7-14,19-22H,5-6,15-18,35-38H2,1-4H3/b29-21-,30-22-. The van der Waals surface area contributed by atoms with E-state index in [-0.39, 0.29) is 0 Å². The molecule has 0 unspecified atom stereocenters. The highest BCUT2D eigenvalue weighted by Crippen LogP contribution is 2.31. The molecule has 0 heterocycles. The van der Waals surface area contributed by atoms with Gasteiger partial charge in [-0.25, -0.2) is 11.7 Å². The van der Waals surface area contributed by atoms with E-state index in [4.69, 9.17) is 32.6 Å². The molecule has 0 fully saturated rings. The Morgan fingerprint density at radius 2 is 1.00 bits per heavy atom. The Morgan fingerprint density at radius 1 is 0.636 bits per heavy atom. The van der Waals surface area contributed by atoms with Crippen LogP contribution in [0.25, 0.3) is 11.4 Å². The van der Waals surface area contributed by atoms with Crippen molar-refractivity contribution in [3.05, 3.63) is 93.1 Å². The van der Waals surface area contributed by atoms with Gasteiger partial charge in [0.1, 0.15) is 11.5 Å². The van der Waals surface area contributed by atoms with Gasteiger partial charge >= 0.3 is 0 Å². The molecule has 0 saturated heterocycles. The summed E-state index contributed by atoms with van der Waals surface area (Å²) in [6.07, 6.45) is 5.22. The topological polar surface area (TPSA) is 136 Å². The molecule has 238 valence electrons. The van der Waals surface area contributed by atoms with Crippen molar-refractivity contribution in [3.63, 3.8) is 0 Å². The van der Waals surface area contributed by atoms with E-state index in [9.17, 15) is 0 Å². The van der Waals surface area contributed by atoms with E-state index in [1.54, 1.807) is 12.4 Å². The van der Waals surface area contributed by atoms with Crippen LogP contribution in [0.3, 0.4) is 0 Å². The molecule has 0 aromatic heterocycles. The van der Waals surface area contributed by atoms with Crippen LogP contribution in [0.15, 0.2) is 82.0 Å². The molecule has 0 radical (unpaired) electrons. The largest absolute Gasteiger partial charge is 0.492 e. The first-order valence-corrected chi connectivity index (χ1v) is 15.8. The number of anilines is 2. The summed E-state index contributed by atoms with van der Waals surface area (Å²) >= 11 is 7.15. The molecule has 0 atom stereocenters. The third-order valence-electron chi connectivity index (χ3n) is 6.55. The fourth-order valence-electron chi connectivity index (χ4n) is 4.11. The van der Waals surface area contributed by atoms with Crippen molar-refractivity contribution in [2.75, 3.05) is 64.5 Å². The second-order valence-corrected chi connectivity index (χ2v) is 12.5. The molecular formula is C32H44Br2N8O2. The van der Waals surface area contributed by atoms with Crippen molar-refractivity contribution in [2.24, 2.45) is 23.2 Å². The maximum absolute atomic E-state index is 6.38. The zero-order chi connectivity index (χ0) is 32.2. The molecule has 3 aromatic rings. The van der Waals surface area contributed by atoms with E-state index in [2.05, 4.69) is 41.7 Å². The van der Waals surface area contributed by atoms with Gasteiger partial charge in [-0.1, -0.05) is 24.3 Å². The quantitative estimate of drug-likeness (QED) is 0.0891. The smallest absolute Gasteiger partial charge is 0.133 e. The molecule has 0 spiro atoms. The molecule has 44 heavy (non-hydrogen) atoms. The molecule has 0 aliphatic rings. The van der Waals surface area contributed by atoms with Gasteiger partial charge in [0.05, 0.1) is 44.9 Å². The van der Waals surface area contributed by atoms with E-state index >= 15 is 0 Å². The van der Waals surface area contributed by atoms with Crippen LogP contribution in [-0.2, 0) is 0 Å². The Kier molecular flexibility index (Phi) is 13.8. The lowest BCUT2D eigenvalue weighted by Gasteiger charge is -2.18. The van der Waals surface area contributed by atoms with E-state index < -0.39 is 0 Å². The SMILES string of the molecule is CN(C)CCCOc1ccc(N(N)/C=C(\N)c2ccc(/C(N)=C/N(N)c3ccc(OCCCN(C)C)c(Br)c3)cc2)cc1Br. The molecule has 0 bridgehead atoms. The number of hydrazine groups is 2. The van der Waals surface area contributed by atoms with Crippen LogP contribution in [0.4, 0.5) is 11.4 Å². The average molecular weight is 733 g/mol. The fraction of sp³-hybridized carbons (Fsp3) is 0.312. The highest BCUT2D eigenvalue weighted by Gasteiger charge is 2.10. The van der Waals surface area contributed by atoms with Crippen LogP contribution in [0.1, 0.15) is 24.0 Å². The molecule has 10 nitrogen and oxygen atoms in total. The van der Waals surface area contributed by atoms with Crippen LogP contribution in [-0.4, -0.2) is 64.3 Å². The van der Waals surface area contributed by atoms with Crippen molar-refractivity contribution in [1.29, 1.82) is 0 Å². The zero-order valence-corrected chi connectivity index (χ0v) is 29.0. The van der Waals surface area contributed by atoms with Gasteiger partial charge in [0.25, 0.3) is 0 Å². The van der Waals surface area contributed by atoms with Gasteiger partial charge in [-0.15, -0.1) is 0 Å². The number of nitrogens with two attached hydrogens (primary N) is 4. The van der Waals surface area contributed by atoms with E-state index in [0.29, 0.717) is 24.6 Å². The number of hydrogen-bond donors (Lipinski definition) is 4. The maximum atomic E-state index is 6.38. The Labute approximate surface area is 278 Å². The van der Waals surface area contributed by atoms with Crippen molar-refractivity contribution in [2.45, 2.75) is 12.8 Å². The molecule has 8 N–H and O–H groups in total. The minimum Gasteiger partial charge on any atom is -0.492 e. The second kappa shape index (κ2) is 17.3. The van der Waals surface area contributed by atoms with Crippen LogP contribution in [0, 0.1) is 0 Å². The van der Waals surface area contributed by atoms with Gasteiger partial charge in [-0.3, -0.25) is 10.0 Å². The summed E-state index contributed by atoms with van der Waals surface area (Å²) in [5.41, 5.74) is 16.8. The van der Waals surface area contributed by atoms with Crippen LogP contribution in [0.2, 0.25) is 0 Å². The van der Waals surface area contributed by atoms with Crippen molar-refractivity contribution >= 4 is 54.6 Å². The minimum atomic E-state index is 0.496. The van der Waals surface area contributed by atoms with Gasteiger partial charge < -0.3 is 30.7 Å². The normalized spacial score (nSPS) is 12.1. The minimum absolute atomic E-state index is 0.496. The van der Waals surface area contributed by atoms with Crippen molar-refractivity contribution < 1.29 is 9.47 Å². The highest BCUT2D eigenvalue weighted by molar-refractivity contribution is 9.11. The lowest BCUT2D eigenvalue weighted by molar-refractivity contribution is 0.280. The Balaban J connectivity index is 1.60. The third-order valence-corrected chi connectivity index (χ3v) is 7.79. The number of halogens is 2. The number of hydrogen-bond acceptors (Lipinski definition) is 10. The maximum Gasteiger partial charge on any atom is 0.133 e. The summed E-state index contributed by atoms with van der Waals surface area (Å²) in [6, 6.07) is 18.9. The van der Waals surface area contributed by atoms with Gasteiger partial charge in [0, 0.05) is 25.5 Å². The first-order chi connectivity index (χ1) is 20.9. The van der Waals surface area contributed by atoms with Crippen molar-refractivity contribution in [1.82, 2.24) is 9.80 Å². The van der Waals surface area contributed by atoms with E-state index in [0.717, 1.165) is 68.9 Å². The van der Waals surface area contributed by atoms with Crippen LogP contribution in [0.5, 0.6) is 11.5 Å². The van der Waals surface area contributed by atoms with Gasteiger partial charge in [0.15, 0.2) is 0 Å². The molecule has 12 heteroatoms. The van der Waals surface area contributed by atoms with Crippen LogP contribution < -0.4 is 42.6 Å². The summed E-state index contributed by atoms with van der Waals surface area (Å²) in [5, 5.41) is 2.95. The lowest BCUT2D eigenvalue weighted by Crippen LogP contribution is -2.26. The first kappa shape index (κ1) is 35.2. The monoisotopic (exact) mass is 730 g/mol. The summed E-state index contributed by atoms with van der Waals surface area (Å²) in [4.78, 5) is 4.26. The predicted octanol–water partition coefficient (Wildman–Crippen LogP) is 5.15. The fourth-order valence-corrected chi connectivity index (χ4v) is 5.08. The predicted molar refractivity (Wildman–Crippen MR) is 190 cm³/mol. The third kappa shape index (κ3) is 11.0. The van der Waals surface area contributed by atoms with E-state index in [1.165, 1.54) is 10.0 Å². The van der Waals surface area contributed by atoms with Gasteiger partial charge in [0.2, 0.25) is 0 Å². The van der Waals surface area contributed by atoms with E-state index in [1.807, 2.05) is 88.9 Å². The Morgan fingerprint density at radius 3 is 1.32 bits per heavy atom. The summed E-state index contributed by atoms with van der Waals surface area (Å²) in [7, 11) is 8.17. The number of nitrogens with zero attached hydrogens (tertiary/aromatic N) is 4. The van der Waals surface area contributed by atoms with Crippen molar-refractivity contribution in [3.8, 4) is 11.5 Å². The molecule has 0 aliphatic carbocycles.